The Kier molecular flexibility index (Phi) is 8.67. The topological polar surface area (TPSA) is 80.6 Å². The molecule has 8 heteroatoms. The van der Waals surface area contributed by atoms with Crippen molar-refractivity contribution in [3.8, 4) is 68.3 Å². The Balaban J connectivity index is 0.950. The van der Waals surface area contributed by atoms with E-state index in [4.69, 9.17) is 29.9 Å². The fraction of sp³-hybridized carbons (Fsp3) is 0.0370. The van der Waals surface area contributed by atoms with Crippen LogP contribution >= 0.6 is 11.3 Å². The second-order valence-corrected chi connectivity index (χ2v) is 16.5. The van der Waals surface area contributed by atoms with Gasteiger partial charge in [-0.25, -0.2) is 29.9 Å². The van der Waals surface area contributed by atoms with E-state index in [1.165, 1.54) is 11.3 Å². The van der Waals surface area contributed by atoms with Crippen LogP contribution in [-0.2, 0) is 0 Å². The molecule has 0 fully saturated rings. The summed E-state index contributed by atoms with van der Waals surface area (Å²) in [7, 11) is 0. The third-order valence-electron chi connectivity index (χ3n) is 11.7. The standard InChI is InChI=1S/C54H35N7S/c1-4-15-34(16-5-1)49-55-52(37-27-30-39(31-28-37)61-44-24-12-10-21-40(44)41-22-11-13-25-45(41)61)58-53(57-49)38-29-32-42-47(33-38)62-46-26-14-23-43(48(42)46)54-59-50(35-17-6-2-7-18-35)56-51(60-54)36-19-8-3-9-20-36/h1-33,40,44H. The molecule has 4 heterocycles. The number of allylic oxidation sites excluding steroid dienone is 2. The first-order valence-electron chi connectivity index (χ1n) is 20.7. The Morgan fingerprint density at radius 1 is 0.403 bits per heavy atom. The van der Waals surface area contributed by atoms with E-state index in [0.717, 1.165) is 59.2 Å². The van der Waals surface area contributed by atoms with Crippen LogP contribution in [-0.4, -0.2) is 35.9 Å². The van der Waals surface area contributed by atoms with Crippen molar-refractivity contribution in [3.63, 3.8) is 0 Å². The average molecular weight is 814 g/mol. The van der Waals surface area contributed by atoms with Crippen LogP contribution in [0.4, 0.5) is 11.4 Å². The van der Waals surface area contributed by atoms with Gasteiger partial charge in [-0.15, -0.1) is 11.3 Å². The van der Waals surface area contributed by atoms with Gasteiger partial charge in [-0.2, -0.15) is 0 Å². The molecule has 12 rings (SSSR count). The summed E-state index contributed by atoms with van der Waals surface area (Å²) in [5, 5.41) is 2.23. The Bertz CT molecular complexity index is 3310. The second-order valence-electron chi connectivity index (χ2n) is 15.5. The highest BCUT2D eigenvalue weighted by atomic mass is 32.1. The van der Waals surface area contributed by atoms with E-state index in [0.29, 0.717) is 40.9 Å². The number of thiophene rings is 1. The van der Waals surface area contributed by atoms with Gasteiger partial charge in [0.2, 0.25) is 0 Å². The molecule has 0 radical (unpaired) electrons. The molecule has 0 spiro atoms. The molecule has 0 saturated carbocycles. The van der Waals surface area contributed by atoms with Crippen molar-refractivity contribution >= 4 is 42.9 Å². The molecule has 2 aliphatic rings. The number of nitrogens with zero attached hydrogens (tertiary/aromatic N) is 7. The first-order chi connectivity index (χ1) is 30.7. The van der Waals surface area contributed by atoms with Crippen molar-refractivity contribution in [1.29, 1.82) is 0 Å². The number of para-hydroxylation sites is 1. The minimum absolute atomic E-state index is 0.229. The van der Waals surface area contributed by atoms with Crippen molar-refractivity contribution in [3.05, 3.63) is 206 Å². The summed E-state index contributed by atoms with van der Waals surface area (Å²) in [5.74, 6) is 4.09. The van der Waals surface area contributed by atoms with E-state index in [-0.39, 0.29) is 6.04 Å². The van der Waals surface area contributed by atoms with Gasteiger partial charge in [0.25, 0.3) is 0 Å². The van der Waals surface area contributed by atoms with Gasteiger partial charge in [0.15, 0.2) is 34.9 Å². The highest BCUT2D eigenvalue weighted by molar-refractivity contribution is 7.26. The molecule has 0 amide bonds. The third-order valence-corrected chi connectivity index (χ3v) is 12.8. The molecule has 10 aromatic rings. The molecule has 1 aliphatic carbocycles. The SMILES string of the molecule is C1=CC2c3ccccc3N(c3ccc(-c4nc(-c5ccccc5)nc(-c5ccc6c(c5)sc5cccc(-c7nc(-c8ccccc8)nc(-c8ccccc8)n7)c56)n4)cc3)C2C=C1. The maximum Gasteiger partial charge on any atom is 0.164 e. The summed E-state index contributed by atoms with van der Waals surface area (Å²) >= 11 is 1.74. The van der Waals surface area contributed by atoms with Gasteiger partial charge in [-0.1, -0.05) is 158 Å². The monoisotopic (exact) mass is 813 g/mol. The number of anilines is 2. The van der Waals surface area contributed by atoms with Crippen molar-refractivity contribution in [1.82, 2.24) is 29.9 Å². The summed E-state index contributed by atoms with van der Waals surface area (Å²) in [5.41, 5.74) is 9.33. The summed E-state index contributed by atoms with van der Waals surface area (Å²) in [4.78, 5) is 32.8. The van der Waals surface area contributed by atoms with Crippen LogP contribution in [0.5, 0.6) is 0 Å². The van der Waals surface area contributed by atoms with E-state index >= 15 is 0 Å². The first-order valence-corrected chi connectivity index (χ1v) is 21.5. The first kappa shape index (κ1) is 36.0. The molecule has 62 heavy (non-hydrogen) atoms. The number of aromatic nitrogens is 6. The average Bonchev–Trinajstić information content (AvgIpc) is 3.90. The lowest BCUT2D eigenvalue weighted by molar-refractivity contribution is 0.745. The molecule has 1 aliphatic heterocycles. The number of hydrogen-bond acceptors (Lipinski definition) is 8. The van der Waals surface area contributed by atoms with Crippen LogP contribution in [0.1, 0.15) is 11.5 Å². The quantitative estimate of drug-likeness (QED) is 0.158. The van der Waals surface area contributed by atoms with E-state index in [1.54, 1.807) is 11.3 Å². The number of rotatable bonds is 7. The van der Waals surface area contributed by atoms with Crippen LogP contribution in [0.25, 0.3) is 88.5 Å². The van der Waals surface area contributed by atoms with Crippen LogP contribution < -0.4 is 4.90 Å². The molecule has 292 valence electrons. The molecule has 0 bridgehead atoms. The van der Waals surface area contributed by atoms with Crippen LogP contribution in [0.15, 0.2) is 200 Å². The van der Waals surface area contributed by atoms with Gasteiger partial charge in [-0.05, 0) is 48.0 Å². The van der Waals surface area contributed by atoms with Crippen molar-refractivity contribution < 1.29 is 0 Å². The fourth-order valence-corrected chi connectivity index (χ4v) is 9.96. The number of benzene rings is 7. The van der Waals surface area contributed by atoms with Gasteiger partial charge >= 0.3 is 0 Å². The predicted octanol–water partition coefficient (Wildman–Crippen LogP) is 13.2. The van der Waals surface area contributed by atoms with E-state index in [1.807, 2.05) is 91.0 Å². The normalized spacial score (nSPS) is 15.3. The van der Waals surface area contributed by atoms with E-state index in [9.17, 15) is 0 Å². The van der Waals surface area contributed by atoms with Crippen LogP contribution in [0, 0.1) is 0 Å². The number of hydrogen-bond donors (Lipinski definition) is 0. The van der Waals surface area contributed by atoms with Crippen molar-refractivity contribution in [2.24, 2.45) is 0 Å². The zero-order valence-electron chi connectivity index (χ0n) is 33.2. The van der Waals surface area contributed by atoms with Crippen molar-refractivity contribution in [2.75, 3.05) is 4.90 Å². The molecule has 3 aromatic heterocycles. The summed E-state index contributed by atoms with van der Waals surface area (Å²) < 4.78 is 2.26. The molecular weight excluding hydrogens is 779 g/mol. The van der Waals surface area contributed by atoms with Gasteiger partial charge < -0.3 is 4.90 Å². The Morgan fingerprint density at radius 3 is 1.55 bits per heavy atom. The molecule has 2 unspecified atom stereocenters. The minimum Gasteiger partial charge on any atom is -0.333 e. The largest absolute Gasteiger partial charge is 0.333 e. The summed E-state index contributed by atoms with van der Waals surface area (Å²) in [6.07, 6.45) is 8.92. The van der Waals surface area contributed by atoms with Crippen molar-refractivity contribution in [2.45, 2.75) is 12.0 Å². The second kappa shape index (κ2) is 15.0. The number of fused-ring (bicyclic) bond motifs is 6. The zero-order valence-corrected chi connectivity index (χ0v) is 34.1. The molecule has 0 saturated heterocycles. The lowest BCUT2D eigenvalue weighted by Gasteiger charge is -2.28. The lowest BCUT2D eigenvalue weighted by Crippen LogP contribution is -2.28. The Morgan fingerprint density at radius 2 is 0.919 bits per heavy atom. The lowest BCUT2D eigenvalue weighted by atomic mass is 9.91. The maximum atomic E-state index is 5.15. The van der Waals surface area contributed by atoms with E-state index in [2.05, 4.69) is 114 Å². The fourth-order valence-electron chi connectivity index (χ4n) is 8.79. The molecular formula is C54H35N7S. The molecule has 0 N–H and O–H groups in total. The Labute approximate surface area is 362 Å². The zero-order chi connectivity index (χ0) is 41.0. The van der Waals surface area contributed by atoms with Gasteiger partial charge in [0.1, 0.15) is 0 Å². The summed E-state index contributed by atoms with van der Waals surface area (Å²) in [6, 6.07) is 60.8. The molecule has 7 nitrogen and oxygen atoms in total. The highest BCUT2D eigenvalue weighted by Crippen LogP contribution is 2.48. The van der Waals surface area contributed by atoms with Crippen LogP contribution in [0.3, 0.4) is 0 Å². The smallest absolute Gasteiger partial charge is 0.164 e. The van der Waals surface area contributed by atoms with Gasteiger partial charge in [-0.3, -0.25) is 0 Å². The summed E-state index contributed by atoms with van der Waals surface area (Å²) in [6.45, 7) is 0. The Hall–Kier alpha value is -7.94. The van der Waals surface area contributed by atoms with Crippen LogP contribution in [0.2, 0.25) is 0 Å². The van der Waals surface area contributed by atoms with Gasteiger partial charge in [0.05, 0.1) is 6.04 Å². The molecule has 2 atom stereocenters. The maximum absolute atomic E-state index is 5.15. The third kappa shape index (κ3) is 6.28. The minimum atomic E-state index is 0.229. The predicted molar refractivity (Wildman–Crippen MR) is 252 cm³/mol. The van der Waals surface area contributed by atoms with Gasteiger partial charge in [0, 0.05) is 70.8 Å². The molecule has 7 aromatic carbocycles. The highest BCUT2D eigenvalue weighted by Gasteiger charge is 2.37. The van der Waals surface area contributed by atoms with E-state index < -0.39 is 0 Å².